The van der Waals surface area contributed by atoms with E-state index in [1.165, 1.54) is 11.5 Å². The smallest absolute Gasteiger partial charge is 0.266 e. The maximum atomic E-state index is 13.4. The van der Waals surface area contributed by atoms with Crippen LogP contribution in [0.25, 0.3) is 39.2 Å². The lowest BCUT2D eigenvalue weighted by molar-refractivity contribution is -0.119. The standard InChI is InChI=1S/C37H38Cl2N6O5/c1-21(46)17-40-20-29-36(50-3)44-31-16-22(14-15-45(31)37(29)48)25-6-4-7-26(33(25)38)27-8-5-9-28(34(27)39)30-12-10-23(35(43-30)49-2)18-41-19-24-11-13-32(47)42-24/h4-10,12,14-16,21,24,40-41,46H,11,13,17-20H2,1-3H3,(H,42,47)/t21?,24-/m0/s1. The fourth-order valence-corrected chi connectivity index (χ4v) is 6.75. The number of fused-ring (bicyclic) bond motifs is 1. The number of nitrogens with zero attached hydrogens (tertiary/aromatic N) is 3. The number of carbonyl (C=O) groups is 1. The minimum Gasteiger partial charge on any atom is -0.481 e. The van der Waals surface area contributed by atoms with Crippen molar-refractivity contribution in [2.45, 2.75) is 45.0 Å². The first kappa shape index (κ1) is 35.3. The van der Waals surface area contributed by atoms with E-state index in [0.717, 1.165) is 39.8 Å². The number of carbonyl (C=O) groups excluding carboxylic acids is 1. The Morgan fingerprint density at radius 2 is 1.62 bits per heavy atom. The van der Waals surface area contributed by atoms with E-state index in [4.69, 9.17) is 37.7 Å². The highest BCUT2D eigenvalue weighted by molar-refractivity contribution is 6.39. The Kier molecular flexibility index (Phi) is 11.0. The number of pyridine rings is 2. The Morgan fingerprint density at radius 1 is 0.920 bits per heavy atom. The summed E-state index contributed by atoms with van der Waals surface area (Å²) < 4.78 is 12.6. The lowest BCUT2D eigenvalue weighted by Crippen LogP contribution is -2.35. The number of ether oxygens (including phenoxy) is 2. The second kappa shape index (κ2) is 15.6. The van der Waals surface area contributed by atoms with E-state index in [0.29, 0.717) is 58.9 Å². The topological polar surface area (TPSA) is 139 Å². The van der Waals surface area contributed by atoms with Gasteiger partial charge in [-0.3, -0.25) is 14.0 Å². The highest BCUT2D eigenvalue weighted by atomic mass is 35.5. The fourth-order valence-electron chi connectivity index (χ4n) is 6.09. The molecule has 1 aliphatic heterocycles. The van der Waals surface area contributed by atoms with Crippen LogP contribution in [0.2, 0.25) is 10.0 Å². The van der Waals surface area contributed by atoms with Crippen LogP contribution in [0.1, 0.15) is 30.9 Å². The van der Waals surface area contributed by atoms with Crippen LogP contribution in [0.5, 0.6) is 11.8 Å². The van der Waals surface area contributed by atoms with E-state index in [2.05, 4.69) is 20.9 Å². The summed E-state index contributed by atoms with van der Waals surface area (Å²) in [4.78, 5) is 34.3. The zero-order valence-corrected chi connectivity index (χ0v) is 29.4. The van der Waals surface area contributed by atoms with E-state index < -0.39 is 6.10 Å². The molecule has 50 heavy (non-hydrogen) atoms. The number of hydrogen-bond donors (Lipinski definition) is 4. The molecule has 5 aromatic rings. The van der Waals surface area contributed by atoms with Gasteiger partial charge in [0.2, 0.25) is 17.7 Å². The molecule has 1 unspecified atom stereocenters. The van der Waals surface area contributed by atoms with Crippen molar-refractivity contribution in [3.63, 3.8) is 0 Å². The summed E-state index contributed by atoms with van der Waals surface area (Å²) in [5, 5.41) is 20.0. The van der Waals surface area contributed by atoms with Crippen LogP contribution in [-0.4, -0.2) is 64.8 Å². The number of halogens is 2. The van der Waals surface area contributed by atoms with Crippen LogP contribution in [0, 0.1) is 0 Å². The molecule has 0 aliphatic carbocycles. The monoisotopic (exact) mass is 716 g/mol. The number of rotatable bonds is 13. The van der Waals surface area contributed by atoms with Gasteiger partial charge < -0.3 is 30.5 Å². The predicted octanol–water partition coefficient (Wildman–Crippen LogP) is 5.25. The van der Waals surface area contributed by atoms with Gasteiger partial charge in [-0.15, -0.1) is 0 Å². The van der Waals surface area contributed by atoms with E-state index in [1.807, 2.05) is 54.6 Å². The van der Waals surface area contributed by atoms with Crippen molar-refractivity contribution in [3.05, 3.63) is 98.4 Å². The molecule has 1 fully saturated rings. The first-order chi connectivity index (χ1) is 24.2. The van der Waals surface area contributed by atoms with E-state index >= 15 is 0 Å². The van der Waals surface area contributed by atoms with Crippen molar-refractivity contribution >= 4 is 34.8 Å². The minimum atomic E-state index is -0.558. The Balaban J connectivity index is 1.28. The molecular formula is C37H38Cl2N6O5. The zero-order chi connectivity index (χ0) is 35.4. The summed E-state index contributed by atoms with van der Waals surface area (Å²) in [6.45, 7) is 3.39. The summed E-state index contributed by atoms with van der Waals surface area (Å²) >= 11 is 14.2. The number of benzene rings is 2. The molecule has 260 valence electrons. The van der Waals surface area contributed by atoms with Crippen LogP contribution < -0.4 is 31.0 Å². The van der Waals surface area contributed by atoms with Gasteiger partial charge in [0, 0.05) is 72.7 Å². The second-order valence-corrected chi connectivity index (χ2v) is 12.9. The molecular weight excluding hydrogens is 679 g/mol. The molecule has 13 heteroatoms. The van der Waals surface area contributed by atoms with Gasteiger partial charge in [-0.1, -0.05) is 65.7 Å². The lowest BCUT2D eigenvalue weighted by atomic mass is 9.97. The molecule has 1 aliphatic rings. The second-order valence-electron chi connectivity index (χ2n) is 12.2. The highest BCUT2D eigenvalue weighted by Crippen LogP contribution is 2.42. The molecule has 0 bridgehead atoms. The predicted molar refractivity (Wildman–Crippen MR) is 195 cm³/mol. The Hall–Kier alpha value is -4.52. The molecule has 0 radical (unpaired) electrons. The average Bonchev–Trinajstić information content (AvgIpc) is 3.53. The first-order valence-electron chi connectivity index (χ1n) is 16.3. The van der Waals surface area contributed by atoms with Gasteiger partial charge in [-0.25, -0.2) is 4.98 Å². The van der Waals surface area contributed by atoms with Gasteiger partial charge in [0.25, 0.3) is 5.56 Å². The first-order valence-corrected chi connectivity index (χ1v) is 17.0. The molecule has 3 aromatic heterocycles. The Bertz CT molecular complexity index is 2100. The van der Waals surface area contributed by atoms with Gasteiger partial charge in [0.05, 0.1) is 41.6 Å². The van der Waals surface area contributed by atoms with Crippen LogP contribution >= 0.6 is 23.2 Å². The van der Waals surface area contributed by atoms with Crippen molar-refractivity contribution in [1.29, 1.82) is 0 Å². The summed E-state index contributed by atoms with van der Waals surface area (Å²) in [7, 11) is 3.05. The van der Waals surface area contributed by atoms with Crippen LogP contribution in [0.15, 0.2) is 71.7 Å². The number of amides is 1. The normalized spacial score (nSPS) is 14.9. The molecule has 1 amide bonds. The largest absolute Gasteiger partial charge is 0.481 e. The number of nitrogens with one attached hydrogen (secondary N) is 3. The van der Waals surface area contributed by atoms with Gasteiger partial charge in [-0.05, 0) is 37.1 Å². The summed E-state index contributed by atoms with van der Waals surface area (Å²) in [6.07, 6.45) is 2.49. The third-order valence-electron chi connectivity index (χ3n) is 8.62. The molecule has 4 heterocycles. The summed E-state index contributed by atoms with van der Waals surface area (Å²) in [5.41, 5.74) is 5.69. The molecule has 0 saturated carbocycles. The van der Waals surface area contributed by atoms with Crippen molar-refractivity contribution < 1.29 is 19.4 Å². The Labute approximate surface area is 299 Å². The van der Waals surface area contributed by atoms with Gasteiger partial charge >= 0.3 is 0 Å². The molecule has 6 rings (SSSR count). The van der Waals surface area contributed by atoms with E-state index in [1.54, 1.807) is 26.3 Å². The highest BCUT2D eigenvalue weighted by Gasteiger charge is 2.21. The number of methoxy groups -OCH3 is 2. The average molecular weight is 718 g/mol. The van der Waals surface area contributed by atoms with Crippen LogP contribution in [0.3, 0.4) is 0 Å². The third kappa shape index (κ3) is 7.47. The maximum Gasteiger partial charge on any atom is 0.266 e. The lowest BCUT2D eigenvalue weighted by Gasteiger charge is -2.16. The molecule has 2 atom stereocenters. The third-order valence-corrected chi connectivity index (χ3v) is 9.43. The number of hydrogen-bond acceptors (Lipinski definition) is 9. The molecule has 2 aromatic carbocycles. The van der Waals surface area contributed by atoms with Crippen LogP contribution in [0.4, 0.5) is 0 Å². The Morgan fingerprint density at radius 3 is 2.30 bits per heavy atom. The van der Waals surface area contributed by atoms with Gasteiger partial charge in [-0.2, -0.15) is 4.98 Å². The quantitative estimate of drug-likeness (QED) is 0.129. The maximum absolute atomic E-state index is 13.4. The van der Waals surface area contributed by atoms with E-state index in [-0.39, 0.29) is 29.9 Å². The van der Waals surface area contributed by atoms with Gasteiger partial charge in [0.1, 0.15) is 5.65 Å². The summed E-state index contributed by atoms with van der Waals surface area (Å²) in [5.74, 6) is 0.782. The number of aliphatic hydroxyl groups is 1. The number of aliphatic hydroxyl groups excluding tert-OH is 1. The van der Waals surface area contributed by atoms with Crippen molar-refractivity contribution in [2.75, 3.05) is 27.3 Å². The molecule has 0 spiro atoms. The number of aromatic nitrogens is 3. The molecule has 1 saturated heterocycles. The molecule has 11 nitrogen and oxygen atoms in total. The fraction of sp³-hybridized carbons (Fsp3) is 0.297. The van der Waals surface area contributed by atoms with Crippen molar-refractivity contribution in [2.24, 2.45) is 0 Å². The van der Waals surface area contributed by atoms with Gasteiger partial charge in [0.15, 0.2) is 0 Å². The van der Waals surface area contributed by atoms with Crippen molar-refractivity contribution in [3.8, 4) is 45.3 Å². The van der Waals surface area contributed by atoms with Crippen LogP contribution in [-0.2, 0) is 17.9 Å². The zero-order valence-electron chi connectivity index (χ0n) is 27.9. The SMILES string of the molecule is COc1nc(-c2cccc(-c3cccc(-c4ccn5c(=O)c(CNCC(C)O)c(OC)nc5c4)c3Cl)c2Cl)ccc1CNC[C@@H]1CCC(=O)N1. The van der Waals surface area contributed by atoms with Crippen molar-refractivity contribution in [1.82, 2.24) is 30.3 Å². The minimum absolute atomic E-state index is 0.0889. The molecule has 4 N–H and O–H groups in total. The summed E-state index contributed by atoms with van der Waals surface area (Å²) in [6, 6.07) is 19.0. The van der Waals surface area contributed by atoms with E-state index in [9.17, 15) is 14.7 Å².